The number of aliphatic hydroxyl groups is 1. The Labute approximate surface area is 300 Å². The minimum absolute atomic E-state index is 0.113. The van der Waals surface area contributed by atoms with Crippen molar-refractivity contribution in [2.24, 2.45) is 0 Å². The fourth-order valence-electron chi connectivity index (χ4n) is 4.63. The molecule has 1 unspecified atom stereocenters. The molecule has 0 radical (unpaired) electrons. The molecule has 274 valence electrons. The van der Waals surface area contributed by atoms with E-state index in [9.17, 15) is 14.7 Å². The lowest BCUT2D eigenvalue weighted by atomic mass is 10.1. The third kappa shape index (κ3) is 37.2. The van der Waals surface area contributed by atoms with Crippen molar-refractivity contribution in [3.05, 3.63) is 109 Å². The summed E-state index contributed by atoms with van der Waals surface area (Å²) in [5.41, 5.74) is 0. The predicted molar refractivity (Wildman–Crippen MR) is 209 cm³/mol. The van der Waals surface area contributed by atoms with Crippen molar-refractivity contribution < 1.29 is 24.2 Å². The molecule has 1 N–H and O–H groups in total. The number of carbonyl (C=O) groups excluding carboxylic acids is 2. The number of unbranched alkanes of at least 4 members (excludes halogenated alkanes) is 10. The maximum atomic E-state index is 12.2. The third-order valence-electron chi connectivity index (χ3n) is 7.44. The smallest absolute Gasteiger partial charge is 0.306 e. The second kappa shape index (κ2) is 39.0. The summed E-state index contributed by atoms with van der Waals surface area (Å²) in [5, 5.41) is 9.53. The molecule has 1 atom stereocenters. The van der Waals surface area contributed by atoms with Gasteiger partial charge in [-0.1, -0.05) is 168 Å². The van der Waals surface area contributed by atoms with E-state index >= 15 is 0 Å². The zero-order valence-electron chi connectivity index (χ0n) is 30.9. The van der Waals surface area contributed by atoms with Gasteiger partial charge in [-0.05, 0) is 64.2 Å². The molecule has 0 aromatic carbocycles. The van der Waals surface area contributed by atoms with Gasteiger partial charge < -0.3 is 14.6 Å². The standard InChI is InChI=1S/C44H68O5/c1-3-5-7-9-11-13-15-17-18-19-20-21-22-23-24-25-27-29-31-33-35-37-39-44(47)49-42(40-45)41-48-43(46)38-36-34-32-30-28-26-16-14-12-10-8-6-4-2/h5-8,10-14,16-18,20-21,26,28,30,32,42,45H,3-4,9,15,19,22-25,27,29,31,33-41H2,1-2H3/b7-5+,8-6+,12-10+,13-11+,16-14+,18-17+,21-20+,28-26+,32-30+. The predicted octanol–water partition coefficient (Wildman–Crippen LogP) is 11.9. The zero-order valence-corrected chi connectivity index (χ0v) is 30.9. The quantitative estimate of drug-likeness (QED) is 0.0332. The number of esters is 2. The molecule has 0 aromatic rings. The second-order valence-corrected chi connectivity index (χ2v) is 12.0. The van der Waals surface area contributed by atoms with E-state index in [4.69, 9.17) is 9.47 Å². The van der Waals surface area contributed by atoms with E-state index in [0.717, 1.165) is 57.8 Å². The van der Waals surface area contributed by atoms with E-state index in [2.05, 4.69) is 68.5 Å². The molecule has 5 heteroatoms. The first-order valence-corrected chi connectivity index (χ1v) is 19.0. The Hall–Kier alpha value is -3.44. The van der Waals surface area contributed by atoms with Gasteiger partial charge in [0, 0.05) is 12.8 Å². The second-order valence-electron chi connectivity index (χ2n) is 12.0. The molecular weight excluding hydrogens is 608 g/mol. The number of ether oxygens (including phenoxy) is 2. The number of allylic oxidation sites excluding steroid dienone is 18. The summed E-state index contributed by atoms with van der Waals surface area (Å²) in [6.07, 6.45) is 55.8. The fraction of sp³-hybridized carbons (Fsp3) is 0.545. The van der Waals surface area contributed by atoms with Crippen LogP contribution in [0, 0.1) is 0 Å². The lowest BCUT2D eigenvalue weighted by molar-refractivity contribution is -0.161. The van der Waals surface area contributed by atoms with E-state index in [-0.39, 0.29) is 31.6 Å². The average molecular weight is 677 g/mol. The first-order valence-electron chi connectivity index (χ1n) is 19.0. The van der Waals surface area contributed by atoms with Crippen molar-refractivity contribution in [2.75, 3.05) is 13.2 Å². The number of rotatable bonds is 32. The molecule has 0 rings (SSSR count). The van der Waals surface area contributed by atoms with Crippen LogP contribution in [0.4, 0.5) is 0 Å². The Morgan fingerprint density at radius 1 is 0.490 bits per heavy atom. The Kier molecular flexibility index (Phi) is 36.3. The maximum absolute atomic E-state index is 12.2. The van der Waals surface area contributed by atoms with E-state index in [1.54, 1.807) is 0 Å². The van der Waals surface area contributed by atoms with Crippen LogP contribution >= 0.6 is 0 Å². The van der Waals surface area contributed by atoms with Crippen molar-refractivity contribution in [1.82, 2.24) is 0 Å². The highest BCUT2D eigenvalue weighted by Crippen LogP contribution is 2.12. The Balaban J connectivity index is 3.69. The van der Waals surface area contributed by atoms with Gasteiger partial charge in [-0.3, -0.25) is 9.59 Å². The Bertz CT molecular complexity index is 1040. The van der Waals surface area contributed by atoms with Crippen molar-refractivity contribution in [1.29, 1.82) is 0 Å². The minimum Gasteiger partial charge on any atom is -0.462 e. The molecule has 5 nitrogen and oxygen atoms in total. The molecule has 0 spiro atoms. The molecular formula is C44H68O5. The van der Waals surface area contributed by atoms with Crippen LogP contribution in [-0.2, 0) is 19.1 Å². The normalized spacial score (nSPS) is 13.4. The highest BCUT2D eigenvalue weighted by molar-refractivity contribution is 5.70. The summed E-state index contributed by atoms with van der Waals surface area (Å²) in [5.74, 6) is -0.697. The lowest BCUT2D eigenvalue weighted by Gasteiger charge is -2.15. The number of aliphatic hydroxyl groups excluding tert-OH is 1. The molecule has 0 aliphatic carbocycles. The summed E-state index contributed by atoms with van der Waals surface area (Å²) in [7, 11) is 0. The van der Waals surface area contributed by atoms with Gasteiger partial charge in [0.05, 0.1) is 6.61 Å². The van der Waals surface area contributed by atoms with Gasteiger partial charge in [0.2, 0.25) is 0 Å². The SMILES string of the molecule is CC/C=C/C=C/C=C/C=C/C=C/CCCC(=O)OCC(CO)OC(=O)CCCCCCCCCCC/C=C/C/C=C/C/C=C/C/C=C/CC. The summed E-state index contributed by atoms with van der Waals surface area (Å²) >= 11 is 0. The van der Waals surface area contributed by atoms with E-state index < -0.39 is 6.10 Å². The van der Waals surface area contributed by atoms with Crippen molar-refractivity contribution >= 4 is 11.9 Å². The number of carbonyl (C=O) groups is 2. The molecule has 0 bridgehead atoms. The summed E-state index contributed by atoms with van der Waals surface area (Å²) in [4.78, 5) is 24.2. The topological polar surface area (TPSA) is 72.8 Å². The van der Waals surface area contributed by atoms with Gasteiger partial charge in [0.25, 0.3) is 0 Å². The highest BCUT2D eigenvalue weighted by atomic mass is 16.6. The molecule has 0 saturated heterocycles. The van der Waals surface area contributed by atoms with Crippen LogP contribution in [0.3, 0.4) is 0 Å². The van der Waals surface area contributed by atoms with Crippen LogP contribution in [-0.4, -0.2) is 36.4 Å². The van der Waals surface area contributed by atoms with E-state index in [1.807, 2.05) is 54.7 Å². The summed E-state index contributed by atoms with van der Waals surface area (Å²) < 4.78 is 10.5. The molecule has 49 heavy (non-hydrogen) atoms. The van der Waals surface area contributed by atoms with Gasteiger partial charge in [-0.2, -0.15) is 0 Å². The largest absolute Gasteiger partial charge is 0.462 e. The maximum Gasteiger partial charge on any atom is 0.306 e. The van der Waals surface area contributed by atoms with Crippen molar-refractivity contribution in [2.45, 2.75) is 142 Å². The van der Waals surface area contributed by atoms with Crippen LogP contribution in [0.15, 0.2) is 109 Å². The van der Waals surface area contributed by atoms with E-state index in [1.165, 1.54) is 44.9 Å². The molecule has 0 aliphatic heterocycles. The van der Waals surface area contributed by atoms with Crippen LogP contribution in [0.2, 0.25) is 0 Å². The monoisotopic (exact) mass is 677 g/mol. The zero-order chi connectivity index (χ0) is 35.7. The minimum atomic E-state index is -0.810. The average Bonchev–Trinajstić information content (AvgIpc) is 3.10. The van der Waals surface area contributed by atoms with Crippen LogP contribution in [0.25, 0.3) is 0 Å². The molecule has 0 heterocycles. The molecule has 0 aliphatic rings. The molecule has 0 amide bonds. The highest BCUT2D eigenvalue weighted by Gasteiger charge is 2.16. The van der Waals surface area contributed by atoms with Crippen LogP contribution in [0.1, 0.15) is 136 Å². The molecule has 0 aromatic heterocycles. The van der Waals surface area contributed by atoms with Gasteiger partial charge >= 0.3 is 11.9 Å². The van der Waals surface area contributed by atoms with Crippen molar-refractivity contribution in [3.8, 4) is 0 Å². The molecule has 0 fully saturated rings. The van der Waals surface area contributed by atoms with Gasteiger partial charge in [-0.25, -0.2) is 0 Å². The lowest BCUT2D eigenvalue weighted by Crippen LogP contribution is -2.28. The Morgan fingerprint density at radius 2 is 0.939 bits per heavy atom. The summed E-state index contributed by atoms with van der Waals surface area (Å²) in [6, 6.07) is 0. The first-order chi connectivity index (χ1) is 24.1. The third-order valence-corrected chi connectivity index (χ3v) is 7.44. The van der Waals surface area contributed by atoms with Crippen LogP contribution in [0.5, 0.6) is 0 Å². The van der Waals surface area contributed by atoms with Gasteiger partial charge in [0.1, 0.15) is 6.61 Å². The van der Waals surface area contributed by atoms with Gasteiger partial charge in [0.15, 0.2) is 6.10 Å². The van der Waals surface area contributed by atoms with Gasteiger partial charge in [-0.15, -0.1) is 0 Å². The fourth-order valence-corrected chi connectivity index (χ4v) is 4.63. The molecule has 0 saturated carbocycles. The van der Waals surface area contributed by atoms with E-state index in [0.29, 0.717) is 12.8 Å². The van der Waals surface area contributed by atoms with Crippen LogP contribution < -0.4 is 0 Å². The van der Waals surface area contributed by atoms with Crippen molar-refractivity contribution in [3.63, 3.8) is 0 Å². The first kappa shape index (κ1) is 45.6. The number of hydrogen-bond acceptors (Lipinski definition) is 5. The Morgan fingerprint density at radius 3 is 1.51 bits per heavy atom. The summed E-state index contributed by atoms with van der Waals surface area (Å²) in [6.45, 7) is 3.78. The number of hydrogen-bond donors (Lipinski definition) is 1.